The van der Waals surface area contributed by atoms with Gasteiger partial charge < -0.3 is 5.11 Å². The van der Waals surface area contributed by atoms with Crippen LogP contribution in [-0.2, 0) is 6.42 Å². The number of nitrogens with zero attached hydrogens (tertiary/aromatic N) is 1. The zero-order chi connectivity index (χ0) is 13.8. The summed E-state index contributed by atoms with van der Waals surface area (Å²) in [4.78, 5) is 4.10. The Morgan fingerprint density at radius 3 is 2.55 bits per heavy atom. The summed E-state index contributed by atoms with van der Waals surface area (Å²) in [5.74, 6) is 0.761. The second-order valence-corrected chi connectivity index (χ2v) is 5.71. The number of pyridine rings is 1. The maximum atomic E-state index is 10.3. The second-order valence-electron chi connectivity index (χ2n) is 5.71. The van der Waals surface area contributed by atoms with Gasteiger partial charge in [-0.15, -0.1) is 0 Å². The smallest absolute Gasteiger partial charge is 0.0793 e. The van der Waals surface area contributed by atoms with Gasteiger partial charge in [0.05, 0.1) is 6.10 Å². The van der Waals surface area contributed by atoms with Gasteiger partial charge in [0.2, 0.25) is 0 Å². The molecule has 3 rings (SSSR count). The molecule has 0 radical (unpaired) electrons. The Bertz CT molecular complexity index is 531. The van der Waals surface area contributed by atoms with Crippen LogP contribution >= 0.6 is 0 Å². The maximum Gasteiger partial charge on any atom is 0.0793 e. The van der Waals surface area contributed by atoms with E-state index in [2.05, 4.69) is 35.3 Å². The molecule has 1 N–H and O–H groups in total. The fourth-order valence-corrected chi connectivity index (χ4v) is 2.75. The van der Waals surface area contributed by atoms with Crippen LogP contribution in [0.25, 0.3) is 0 Å². The van der Waals surface area contributed by atoms with Crippen LogP contribution in [0.2, 0.25) is 0 Å². The molecule has 1 atom stereocenters. The lowest BCUT2D eigenvalue weighted by molar-refractivity contribution is 0.168. The van der Waals surface area contributed by atoms with Crippen molar-refractivity contribution in [3.8, 4) is 0 Å². The van der Waals surface area contributed by atoms with E-state index in [0.29, 0.717) is 0 Å². The number of aliphatic hydroxyl groups is 1. The third kappa shape index (κ3) is 3.07. The highest BCUT2D eigenvalue weighted by atomic mass is 16.3. The summed E-state index contributed by atoms with van der Waals surface area (Å²) in [6, 6.07) is 12.5. The molecule has 0 aliphatic heterocycles. The zero-order valence-corrected chi connectivity index (χ0v) is 11.7. The molecular weight excluding hydrogens is 246 g/mol. The Labute approximate surface area is 120 Å². The Hall–Kier alpha value is -1.67. The number of hydrogen-bond donors (Lipinski definition) is 1. The highest BCUT2D eigenvalue weighted by molar-refractivity contribution is 5.28. The van der Waals surface area contributed by atoms with E-state index in [4.69, 9.17) is 0 Å². The minimum atomic E-state index is -0.384. The van der Waals surface area contributed by atoms with E-state index in [0.717, 1.165) is 24.3 Å². The predicted octanol–water partition coefficient (Wildman–Crippen LogP) is 4.02. The first kappa shape index (κ1) is 13.3. The van der Waals surface area contributed by atoms with Gasteiger partial charge in [-0.25, -0.2) is 0 Å². The summed E-state index contributed by atoms with van der Waals surface area (Å²) in [6.45, 7) is 0. The molecule has 1 saturated carbocycles. The molecule has 1 fully saturated rings. The van der Waals surface area contributed by atoms with Crippen molar-refractivity contribution in [2.45, 2.75) is 44.1 Å². The summed E-state index contributed by atoms with van der Waals surface area (Å²) in [5, 5.41) is 10.3. The topological polar surface area (TPSA) is 33.1 Å². The lowest BCUT2D eigenvalue weighted by Gasteiger charge is -2.26. The third-order valence-corrected chi connectivity index (χ3v) is 4.33. The number of aromatic nitrogens is 1. The molecule has 1 unspecified atom stereocenters. The quantitative estimate of drug-likeness (QED) is 0.887. The molecule has 20 heavy (non-hydrogen) atoms. The van der Waals surface area contributed by atoms with E-state index in [1.807, 2.05) is 12.3 Å². The predicted molar refractivity (Wildman–Crippen MR) is 80.6 cm³/mol. The Morgan fingerprint density at radius 2 is 1.95 bits per heavy atom. The molecule has 0 spiro atoms. The number of benzene rings is 1. The molecule has 2 heteroatoms. The molecule has 1 aliphatic rings. The highest BCUT2D eigenvalue weighted by Crippen LogP contribution is 2.36. The standard InChI is InChI=1S/C18H21NO/c20-18(11-6-14-3-2-12-19-13-14)17-9-7-16(8-10-17)15-4-1-5-15/h2-3,7-10,12-13,15,18,20H,1,4-6,11H2. The fourth-order valence-electron chi connectivity index (χ4n) is 2.75. The first-order valence-electron chi connectivity index (χ1n) is 7.50. The van der Waals surface area contributed by atoms with Gasteiger partial charge in [-0.3, -0.25) is 4.98 Å². The number of aryl methyl sites for hydroxylation is 1. The molecule has 2 nitrogen and oxygen atoms in total. The lowest BCUT2D eigenvalue weighted by Crippen LogP contribution is -2.08. The van der Waals surface area contributed by atoms with Gasteiger partial charge in [0.1, 0.15) is 0 Å². The van der Waals surface area contributed by atoms with Crippen molar-refractivity contribution in [1.29, 1.82) is 0 Å². The fraction of sp³-hybridized carbons (Fsp3) is 0.389. The van der Waals surface area contributed by atoms with Crippen molar-refractivity contribution in [3.05, 3.63) is 65.5 Å². The van der Waals surface area contributed by atoms with Crippen molar-refractivity contribution >= 4 is 0 Å². The van der Waals surface area contributed by atoms with E-state index in [1.54, 1.807) is 6.20 Å². The van der Waals surface area contributed by atoms with Crippen LogP contribution in [-0.4, -0.2) is 10.1 Å². The summed E-state index contributed by atoms with van der Waals surface area (Å²) in [6.07, 6.45) is 8.87. The average Bonchev–Trinajstić information content (AvgIpc) is 2.45. The molecule has 0 amide bonds. The van der Waals surface area contributed by atoms with Gasteiger partial charge in [-0.05, 0) is 54.4 Å². The van der Waals surface area contributed by atoms with E-state index in [1.165, 1.54) is 30.4 Å². The summed E-state index contributed by atoms with van der Waals surface area (Å²) in [5.41, 5.74) is 3.63. The Kier molecular flexibility index (Phi) is 4.12. The van der Waals surface area contributed by atoms with Gasteiger partial charge in [0.25, 0.3) is 0 Å². The Morgan fingerprint density at radius 1 is 1.15 bits per heavy atom. The largest absolute Gasteiger partial charge is 0.388 e. The number of aliphatic hydroxyl groups excluding tert-OH is 1. The van der Waals surface area contributed by atoms with E-state index in [9.17, 15) is 5.11 Å². The first-order chi connectivity index (χ1) is 9.83. The molecule has 2 aromatic rings. The maximum absolute atomic E-state index is 10.3. The van der Waals surface area contributed by atoms with Crippen LogP contribution in [0.15, 0.2) is 48.8 Å². The van der Waals surface area contributed by atoms with E-state index < -0.39 is 0 Å². The van der Waals surface area contributed by atoms with Crippen LogP contribution in [0.3, 0.4) is 0 Å². The average molecular weight is 267 g/mol. The van der Waals surface area contributed by atoms with Crippen LogP contribution in [0.5, 0.6) is 0 Å². The van der Waals surface area contributed by atoms with Gasteiger partial charge in [0.15, 0.2) is 0 Å². The monoisotopic (exact) mass is 267 g/mol. The van der Waals surface area contributed by atoms with Crippen molar-refractivity contribution in [3.63, 3.8) is 0 Å². The van der Waals surface area contributed by atoms with Gasteiger partial charge in [-0.1, -0.05) is 36.8 Å². The molecule has 1 aromatic carbocycles. The molecule has 1 heterocycles. The lowest BCUT2D eigenvalue weighted by atomic mass is 9.80. The third-order valence-electron chi connectivity index (χ3n) is 4.33. The van der Waals surface area contributed by atoms with Crippen molar-refractivity contribution in [2.75, 3.05) is 0 Å². The molecular formula is C18H21NO. The minimum Gasteiger partial charge on any atom is -0.388 e. The molecule has 104 valence electrons. The van der Waals surface area contributed by atoms with Crippen LogP contribution in [0.1, 0.15) is 54.4 Å². The van der Waals surface area contributed by atoms with Gasteiger partial charge in [0, 0.05) is 12.4 Å². The SMILES string of the molecule is OC(CCc1cccnc1)c1ccc(C2CCC2)cc1. The first-order valence-corrected chi connectivity index (χ1v) is 7.50. The number of hydrogen-bond acceptors (Lipinski definition) is 2. The van der Waals surface area contributed by atoms with Crippen molar-refractivity contribution in [1.82, 2.24) is 4.98 Å². The van der Waals surface area contributed by atoms with E-state index >= 15 is 0 Å². The number of rotatable bonds is 5. The second kappa shape index (κ2) is 6.19. The molecule has 0 saturated heterocycles. The van der Waals surface area contributed by atoms with Crippen LogP contribution in [0.4, 0.5) is 0 Å². The van der Waals surface area contributed by atoms with Gasteiger partial charge >= 0.3 is 0 Å². The Balaban J connectivity index is 1.57. The molecule has 0 bridgehead atoms. The van der Waals surface area contributed by atoms with Crippen molar-refractivity contribution in [2.24, 2.45) is 0 Å². The minimum absolute atomic E-state index is 0.384. The highest BCUT2D eigenvalue weighted by Gasteiger charge is 2.19. The molecule has 1 aromatic heterocycles. The van der Waals surface area contributed by atoms with Gasteiger partial charge in [-0.2, -0.15) is 0 Å². The molecule has 1 aliphatic carbocycles. The van der Waals surface area contributed by atoms with Crippen LogP contribution in [0, 0.1) is 0 Å². The van der Waals surface area contributed by atoms with Crippen LogP contribution < -0.4 is 0 Å². The summed E-state index contributed by atoms with van der Waals surface area (Å²) < 4.78 is 0. The zero-order valence-electron chi connectivity index (χ0n) is 11.7. The summed E-state index contributed by atoms with van der Waals surface area (Å²) in [7, 11) is 0. The van der Waals surface area contributed by atoms with Crippen molar-refractivity contribution < 1.29 is 5.11 Å². The summed E-state index contributed by atoms with van der Waals surface area (Å²) >= 11 is 0. The normalized spacial score (nSPS) is 16.6. The van der Waals surface area contributed by atoms with E-state index in [-0.39, 0.29) is 6.10 Å².